The predicted octanol–water partition coefficient (Wildman–Crippen LogP) is 4.68. The van der Waals surface area contributed by atoms with E-state index in [-0.39, 0.29) is 23.7 Å². The van der Waals surface area contributed by atoms with Crippen LogP contribution in [0.2, 0.25) is 5.02 Å². The summed E-state index contributed by atoms with van der Waals surface area (Å²) in [6.07, 6.45) is 7.62. The van der Waals surface area contributed by atoms with E-state index in [0.717, 1.165) is 78.3 Å². The van der Waals surface area contributed by atoms with Gasteiger partial charge in [-0.25, -0.2) is 0 Å². The lowest BCUT2D eigenvalue weighted by Crippen LogP contribution is -2.51. The second-order valence-electron chi connectivity index (χ2n) is 12.6. The molecule has 0 spiro atoms. The molecule has 11 heteroatoms. The number of fused-ring (bicyclic) bond motifs is 2. The Balaban J connectivity index is 1.10. The molecular weight excluding hydrogens is 594 g/mol. The number of hydrogen-bond acceptors (Lipinski definition) is 8. The second kappa shape index (κ2) is 12.0. The summed E-state index contributed by atoms with van der Waals surface area (Å²) in [5.74, 6) is -0.218. The summed E-state index contributed by atoms with van der Waals surface area (Å²) in [6, 6.07) is 8.59. The van der Waals surface area contributed by atoms with Crippen molar-refractivity contribution >= 4 is 45.0 Å². The van der Waals surface area contributed by atoms with E-state index in [1.165, 1.54) is 21.6 Å². The Bertz CT molecular complexity index is 1710. The maximum absolute atomic E-state index is 12.6. The van der Waals surface area contributed by atoms with Crippen LogP contribution in [0.4, 0.5) is 0 Å². The Morgan fingerprint density at radius 3 is 2.66 bits per heavy atom. The lowest BCUT2D eigenvalue weighted by Gasteiger charge is -2.40. The van der Waals surface area contributed by atoms with Crippen LogP contribution in [0.5, 0.6) is 0 Å². The highest BCUT2D eigenvalue weighted by atomic mass is 35.5. The number of likely N-dealkylation sites (tertiary alicyclic amines) is 1. The molecule has 3 aliphatic rings. The topological polar surface area (TPSA) is 101 Å². The van der Waals surface area contributed by atoms with Crippen LogP contribution in [0.25, 0.3) is 21.3 Å². The molecule has 2 unspecified atom stereocenters. The van der Waals surface area contributed by atoms with Crippen LogP contribution in [0.15, 0.2) is 42.9 Å². The highest BCUT2D eigenvalue weighted by Gasteiger charge is 2.58. The molecule has 9 nitrogen and oxygen atoms in total. The molecule has 2 aliphatic heterocycles. The Kier molecular flexibility index (Phi) is 8.05. The van der Waals surface area contributed by atoms with Gasteiger partial charge in [0.15, 0.2) is 0 Å². The average Bonchev–Trinajstić information content (AvgIpc) is 3.39. The van der Waals surface area contributed by atoms with E-state index >= 15 is 0 Å². The number of benzene rings is 1. The fourth-order valence-corrected chi connectivity index (χ4v) is 8.24. The van der Waals surface area contributed by atoms with Crippen LogP contribution < -0.4 is 5.73 Å². The zero-order valence-corrected chi connectivity index (χ0v) is 26.8. The standard InChI is InChI=1S/C33H38ClN7O2S/c1-20-10-23(34)11-26(25-4-6-36-30-12-24(44-31(25)30)18-41-32(42)27-13-28(27)33(41)43)29(20)19-39-9-8-38(15-21(39)2)16-22-14-37-40(17-22)7-3-5-35/h4,6,10-12,14,17,21,27-28H,3,5,7-9,13,15-16,18-19,35H2,1-2H3/t21-,27?,28?/m0/s1. The van der Waals surface area contributed by atoms with Gasteiger partial charge in [0.25, 0.3) is 0 Å². The van der Waals surface area contributed by atoms with E-state index < -0.39 is 0 Å². The number of hydrogen-bond donors (Lipinski definition) is 1. The third-order valence-electron chi connectivity index (χ3n) is 9.36. The van der Waals surface area contributed by atoms with E-state index in [4.69, 9.17) is 17.3 Å². The fraction of sp³-hybridized carbons (Fsp3) is 0.455. The maximum atomic E-state index is 12.6. The number of thiophene rings is 1. The van der Waals surface area contributed by atoms with Gasteiger partial charge in [-0.3, -0.25) is 34.0 Å². The largest absolute Gasteiger partial charge is 0.330 e. The van der Waals surface area contributed by atoms with Gasteiger partial charge in [-0.15, -0.1) is 11.3 Å². The summed E-state index contributed by atoms with van der Waals surface area (Å²) >= 11 is 8.28. The first-order valence-corrected chi connectivity index (χ1v) is 16.7. The molecular formula is C33H38ClN7O2S. The van der Waals surface area contributed by atoms with Gasteiger partial charge >= 0.3 is 0 Å². The monoisotopic (exact) mass is 631 g/mol. The second-order valence-corrected chi connectivity index (χ2v) is 14.1. The summed E-state index contributed by atoms with van der Waals surface area (Å²) in [7, 11) is 0. The van der Waals surface area contributed by atoms with Crippen LogP contribution in [0.3, 0.4) is 0 Å². The third-order valence-corrected chi connectivity index (χ3v) is 10.7. The smallest absolute Gasteiger partial charge is 0.233 e. The van der Waals surface area contributed by atoms with E-state index in [1.54, 1.807) is 11.3 Å². The van der Waals surface area contributed by atoms with E-state index in [2.05, 4.69) is 58.1 Å². The SMILES string of the molecule is Cc1cc(Cl)cc(-c2ccnc3cc(CN4C(=O)C5CC5C4=O)sc23)c1CN1CCN(Cc2cnn(CCCN)c2)C[C@@H]1C. The summed E-state index contributed by atoms with van der Waals surface area (Å²) in [6.45, 7) is 11.0. The van der Waals surface area contributed by atoms with E-state index in [0.29, 0.717) is 24.2 Å². The van der Waals surface area contributed by atoms with Crippen molar-refractivity contribution in [2.45, 2.75) is 58.9 Å². The number of halogens is 1. The van der Waals surface area contributed by atoms with Gasteiger partial charge in [-0.05, 0) is 74.2 Å². The molecule has 4 aromatic rings. The summed E-state index contributed by atoms with van der Waals surface area (Å²) in [5, 5.41) is 5.21. The molecule has 230 valence electrons. The van der Waals surface area contributed by atoms with Crippen LogP contribution in [0, 0.1) is 18.8 Å². The molecule has 3 aromatic heterocycles. The van der Waals surface area contributed by atoms with Gasteiger partial charge < -0.3 is 5.73 Å². The number of carbonyl (C=O) groups excluding carboxylic acids is 2. The Hall–Kier alpha value is -3.15. The van der Waals surface area contributed by atoms with E-state index in [1.807, 2.05) is 23.1 Å². The number of piperidine rings is 1. The fourth-order valence-electron chi connectivity index (χ4n) is 6.84. The Morgan fingerprint density at radius 1 is 1.07 bits per heavy atom. The molecule has 0 radical (unpaired) electrons. The minimum atomic E-state index is -0.0858. The number of piperazine rings is 1. The molecule has 3 fully saturated rings. The van der Waals surface area contributed by atoms with Crippen LogP contribution in [-0.2, 0) is 35.8 Å². The van der Waals surface area contributed by atoms with Crippen molar-refractivity contribution in [2.24, 2.45) is 17.6 Å². The van der Waals surface area contributed by atoms with Crippen LogP contribution in [0.1, 0.15) is 41.3 Å². The molecule has 2 N–H and O–H groups in total. The number of amides is 2. The third kappa shape index (κ3) is 5.70. The van der Waals surface area contributed by atoms with Gasteiger partial charge in [0.2, 0.25) is 11.8 Å². The van der Waals surface area contributed by atoms with Crippen molar-refractivity contribution in [2.75, 3.05) is 26.2 Å². The Morgan fingerprint density at radius 2 is 1.89 bits per heavy atom. The molecule has 1 saturated carbocycles. The Labute approximate surface area is 266 Å². The summed E-state index contributed by atoms with van der Waals surface area (Å²) < 4.78 is 3.05. The van der Waals surface area contributed by atoms with Crippen molar-refractivity contribution in [3.8, 4) is 11.1 Å². The minimum absolute atomic E-state index is 0.0230. The highest BCUT2D eigenvalue weighted by Crippen LogP contribution is 2.48. The first-order valence-electron chi connectivity index (χ1n) is 15.5. The number of rotatable bonds is 10. The molecule has 5 heterocycles. The molecule has 1 aliphatic carbocycles. The maximum Gasteiger partial charge on any atom is 0.233 e. The summed E-state index contributed by atoms with van der Waals surface area (Å²) in [5.41, 5.74) is 12.4. The number of pyridine rings is 1. The van der Waals surface area contributed by atoms with E-state index in [9.17, 15) is 9.59 Å². The first kappa shape index (κ1) is 29.6. The first-order chi connectivity index (χ1) is 21.3. The van der Waals surface area contributed by atoms with Gasteiger partial charge in [0, 0.05) is 78.7 Å². The number of nitrogens with zero attached hydrogens (tertiary/aromatic N) is 6. The lowest BCUT2D eigenvalue weighted by atomic mass is 9.95. The van der Waals surface area contributed by atoms with Crippen LogP contribution in [-0.4, -0.2) is 73.5 Å². The van der Waals surface area contributed by atoms with Crippen molar-refractivity contribution in [3.05, 3.63) is 69.4 Å². The number of aromatic nitrogens is 3. The van der Waals surface area contributed by atoms with Gasteiger partial charge in [-0.1, -0.05) is 11.6 Å². The lowest BCUT2D eigenvalue weighted by molar-refractivity contribution is -0.141. The average molecular weight is 632 g/mol. The minimum Gasteiger partial charge on any atom is -0.330 e. The van der Waals surface area contributed by atoms with Crippen molar-refractivity contribution < 1.29 is 9.59 Å². The molecule has 44 heavy (non-hydrogen) atoms. The molecule has 7 rings (SSSR count). The highest BCUT2D eigenvalue weighted by molar-refractivity contribution is 7.19. The van der Waals surface area contributed by atoms with Gasteiger partial charge in [0.1, 0.15) is 0 Å². The number of nitrogens with two attached hydrogens (primary N) is 1. The molecule has 2 amide bonds. The van der Waals surface area contributed by atoms with Gasteiger partial charge in [0.05, 0.1) is 34.8 Å². The molecule has 1 aromatic carbocycles. The zero-order valence-electron chi connectivity index (χ0n) is 25.2. The molecule has 2 saturated heterocycles. The number of aryl methyl sites for hydroxylation is 2. The molecule has 3 atom stereocenters. The van der Waals surface area contributed by atoms with Crippen molar-refractivity contribution in [1.82, 2.24) is 29.5 Å². The zero-order chi connectivity index (χ0) is 30.5. The number of carbonyl (C=O) groups is 2. The quantitative estimate of drug-likeness (QED) is 0.254. The van der Waals surface area contributed by atoms with Crippen LogP contribution >= 0.6 is 22.9 Å². The number of imide groups is 1. The predicted molar refractivity (Wildman–Crippen MR) is 173 cm³/mol. The van der Waals surface area contributed by atoms with Crippen molar-refractivity contribution in [3.63, 3.8) is 0 Å². The van der Waals surface area contributed by atoms with Crippen molar-refractivity contribution in [1.29, 1.82) is 0 Å². The summed E-state index contributed by atoms with van der Waals surface area (Å²) in [4.78, 5) is 37.4. The van der Waals surface area contributed by atoms with Gasteiger partial charge in [-0.2, -0.15) is 5.10 Å². The molecule has 0 bridgehead atoms. The normalized spacial score (nSPS) is 22.4.